The second-order valence-corrected chi connectivity index (χ2v) is 9.77. The maximum atomic E-state index is 13.6. The molecule has 3 aromatic rings. The molecule has 0 spiro atoms. The highest BCUT2D eigenvalue weighted by atomic mass is 32.2. The summed E-state index contributed by atoms with van der Waals surface area (Å²) in [5.41, 5.74) is 1.89. The number of hydrogen-bond acceptors (Lipinski definition) is 6. The van der Waals surface area contributed by atoms with Crippen LogP contribution in [0, 0.1) is 6.92 Å². The molecule has 0 radical (unpaired) electrons. The Morgan fingerprint density at radius 1 is 0.886 bits per heavy atom. The molecule has 0 fully saturated rings. The predicted molar refractivity (Wildman–Crippen MR) is 135 cm³/mol. The summed E-state index contributed by atoms with van der Waals surface area (Å²) in [6.45, 7) is 3.21. The fraction of sp³-hybridized carbons (Fsp3) is 0.269. The first-order valence-electron chi connectivity index (χ1n) is 10.9. The molecule has 0 bridgehead atoms. The van der Waals surface area contributed by atoms with Gasteiger partial charge in [0.2, 0.25) is 5.91 Å². The summed E-state index contributed by atoms with van der Waals surface area (Å²) in [6.07, 6.45) is 0. The number of nitrogens with one attached hydrogen (secondary N) is 1. The van der Waals surface area contributed by atoms with Gasteiger partial charge < -0.3 is 19.5 Å². The lowest BCUT2D eigenvalue weighted by Crippen LogP contribution is -2.41. The third-order valence-corrected chi connectivity index (χ3v) is 7.28. The molecule has 1 N–H and O–H groups in total. The third-order valence-electron chi connectivity index (χ3n) is 5.51. The largest absolute Gasteiger partial charge is 0.495 e. The van der Waals surface area contributed by atoms with E-state index < -0.39 is 28.5 Å². The van der Waals surface area contributed by atoms with Crippen molar-refractivity contribution < 1.29 is 27.4 Å². The maximum absolute atomic E-state index is 13.6. The van der Waals surface area contributed by atoms with Gasteiger partial charge in [0, 0.05) is 0 Å². The van der Waals surface area contributed by atoms with E-state index in [1.165, 1.54) is 26.4 Å². The van der Waals surface area contributed by atoms with E-state index in [1.54, 1.807) is 49.6 Å². The molecule has 0 heterocycles. The lowest BCUT2D eigenvalue weighted by Gasteiger charge is -2.27. The molecule has 186 valence electrons. The van der Waals surface area contributed by atoms with Gasteiger partial charge in [0.25, 0.3) is 10.0 Å². The average molecular weight is 499 g/mol. The van der Waals surface area contributed by atoms with Crippen molar-refractivity contribution in [1.82, 2.24) is 5.32 Å². The summed E-state index contributed by atoms with van der Waals surface area (Å²) in [5.74, 6) is 0.969. The zero-order chi connectivity index (χ0) is 25.6. The molecular weight excluding hydrogens is 468 g/mol. The van der Waals surface area contributed by atoms with Crippen molar-refractivity contribution in [1.29, 1.82) is 0 Å². The van der Waals surface area contributed by atoms with E-state index in [2.05, 4.69) is 5.32 Å². The van der Waals surface area contributed by atoms with Crippen LogP contribution in [-0.4, -0.2) is 42.2 Å². The van der Waals surface area contributed by atoms with Crippen LogP contribution in [0.25, 0.3) is 0 Å². The van der Waals surface area contributed by atoms with Crippen LogP contribution in [0.3, 0.4) is 0 Å². The summed E-state index contributed by atoms with van der Waals surface area (Å²) in [4.78, 5) is 13.2. The molecule has 1 atom stereocenters. The van der Waals surface area contributed by atoms with Gasteiger partial charge in [0.05, 0.1) is 38.0 Å². The van der Waals surface area contributed by atoms with E-state index in [-0.39, 0.29) is 10.6 Å². The Morgan fingerprint density at radius 3 is 2.14 bits per heavy atom. The highest BCUT2D eigenvalue weighted by Crippen LogP contribution is 2.34. The molecule has 3 aromatic carbocycles. The van der Waals surface area contributed by atoms with Crippen molar-refractivity contribution in [2.45, 2.75) is 24.8 Å². The Kier molecular flexibility index (Phi) is 8.24. The molecule has 0 saturated heterocycles. The van der Waals surface area contributed by atoms with Crippen LogP contribution in [0.2, 0.25) is 0 Å². The van der Waals surface area contributed by atoms with Crippen LogP contribution in [0.4, 0.5) is 5.69 Å². The minimum Gasteiger partial charge on any atom is -0.495 e. The second kappa shape index (κ2) is 11.1. The topological polar surface area (TPSA) is 94.2 Å². The van der Waals surface area contributed by atoms with Gasteiger partial charge in [0.15, 0.2) is 11.5 Å². The average Bonchev–Trinajstić information content (AvgIpc) is 2.87. The van der Waals surface area contributed by atoms with Crippen LogP contribution in [0.5, 0.6) is 17.2 Å². The monoisotopic (exact) mass is 498 g/mol. The Balaban J connectivity index is 1.94. The summed E-state index contributed by atoms with van der Waals surface area (Å²) in [6, 6.07) is 18.1. The molecule has 3 rings (SSSR count). The van der Waals surface area contributed by atoms with Gasteiger partial charge >= 0.3 is 0 Å². The van der Waals surface area contributed by atoms with E-state index in [4.69, 9.17) is 14.2 Å². The van der Waals surface area contributed by atoms with Crippen molar-refractivity contribution in [2.75, 3.05) is 32.2 Å². The molecule has 0 aliphatic heterocycles. The number of hydrogen-bond donors (Lipinski definition) is 1. The SMILES string of the molecule is COc1ccc([C@@H](C)NC(=O)CN(c2cc(C)ccc2OC)S(=O)(=O)c2ccccc2)cc1OC. The predicted octanol–water partition coefficient (Wildman–Crippen LogP) is 4.09. The number of ether oxygens (including phenoxy) is 3. The molecule has 0 aliphatic rings. The number of sulfonamides is 1. The number of rotatable bonds is 10. The van der Waals surface area contributed by atoms with Crippen LogP contribution in [-0.2, 0) is 14.8 Å². The first-order chi connectivity index (χ1) is 16.7. The molecule has 1 amide bonds. The Morgan fingerprint density at radius 2 is 1.51 bits per heavy atom. The molecule has 9 heteroatoms. The van der Waals surface area contributed by atoms with Crippen molar-refractivity contribution in [3.63, 3.8) is 0 Å². The van der Waals surface area contributed by atoms with E-state index >= 15 is 0 Å². The Bertz CT molecular complexity index is 1280. The van der Waals surface area contributed by atoms with Gasteiger partial charge in [-0.2, -0.15) is 0 Å². The van der Waals surface area contributed by atoms with Crippen molar-refractivity contribution in [3.05, 3.63) is 77.9 Å². The molecular formula is C26H30N2O6S. The fourth-order valence-corrected chi connectivity index (χ4v) is 5.08. The highest BCUT2D eigenvalue weighted by Gasteiger charge is 2.30. The van der Waals surface area contributed by atoms with Crippen LogP contribution < -0.4 is 23.8 Å². The summed E-state index contributed by atoms with van der Waals surface area (Å²) in [5, 5.41) is 2.88. The summed E-state index contributed by atoms with van der Waals surface area (Å²) < 4.78 is 44.4. The smallest absolute Gasteiger partial charge is 0.264 e. The van der Waals surface area contributed by atoms with Crippen LogP contribution in [0.1, 0.15) is 24.1 Å². The number of methoxy groups -OCH3 is 3. The van der Waals surface area contributed by atoms with Crippen LogP contribution >= 0.6 is 0 Å². The number of carbonyl (C=O) groups is 1. The maximum Gasteiger partial charge on any atom is 0.264 e. The lowest BCUT2D eigenvalue weighted by atomic mass is 10.1. The zero-order valence-electron chi connectivity index (χ0n) is 20.4. The first kappa shape index (κ1) is 25.9. The Labute approximate surface area is 206 Å². The number of anilines is 1. The standard InChI is InChI=1S/C26H30N2O6S/c1-18-11-13-23(32-3)22(15-18)28(35(30,31)21-9-7-6-8-10-21)17-26(29)27-19(2)20-12-14-24(33-4)25(16-20)34-5/h6-16,19H,17H2,1-5H3,(H,27,29)/t19-/m1/s1. The molecule has 0 aromatic heterocycles. The molecule has 0 unspecified atom stereocenters. The van der Waals surface area contributed by atoms with Gasteiger partial charge in [-0.05, 0) is 61.4 Å². The molecule has 8 nitrogen and oxygen atoms in total. The van der Waals surface area contributed by atoms with Gasteiger partial charge in [-0.1, -0.05) is 30.3 Å². The zero-order valence-corrected chi connectivity index (χ0v) is 21.3. The van der Waals surface area contributed by atoms with E-state index in [1.807, 2.05) is 26.0 Å². The second-order valence-electron chi connectivity index (χ2n) is 7.90. The van der Waals surface area contributed by atoms with Crippen molar-refractivity contribution >= 4 is 21.6 Å². The third kappa shape index (κ3) is 5.86. The number of benzene rings is 3. The van der Waals surface area contributed by atoms with E-state index in [0.717, 1.165) is 15.4 Å². The highest BCUT2D eigenvalue weighted by molar-refractivity contribution is 7.92. The molecule has 0 saturated carbocycles. The minimum atomic E-state index is -4.06. The summed E-state index contributed by atoms with van der Waals surface area (Å²) in [7, 11) is 0.476. The summed E-state index contributed by atoms with van der Waals surface area (Å²) >= 11 is 0. The van der Waals surface area contributed by atoms with Crippen molar-refractivity contribution in [3.8, 4) is 17.2 Å². The Hall–Kier alpha value is -3.72. The number of amides is 1. The minimum absolute atomic E-state index is 0.0734. The molecule has 0 aliphatic carbocycles. The van der Waals surface area contributed by atoms with Gasteiger partial charge in [-0.15, -0.1) is 0 Å². The van der Waals surface area contributed by atoms with Crippen LogP contribution in [0.15, 0.2) is 71.6 Å². The van der Waals surface area contributed by atoms with Gasteiger partial charge in [-0.3, -0.25) is 9.10 Å². The number of aryl methyl sites for hydroxylation is 1. The quantitative estimate of drug-likeness (QED) is 0.452. The van der Waals surface area contributed by atoms with E-state index in [0.29, 0.717) is 17.2 Å². The molecule has 35 heavy (non-hydrogen) atoms. The fourth-order valence-electron chi connectivity index (χ4n) is 3.64. The van der Waals surface area contributed by atoms with E-state index in [9.17, 15) is 13.2 Å². The first-order valence-corrected chi connectivity index (χ1v) is 12.4. The normalized spacial score (nSPS) is 11.9. The number of carbonyl (C=O) groups excluding carboxylic acids is 1. The number of nitrogens with zero attached hydrogens (tertiary/aromatic N) is 1. The van der Waals surface area contributed by atoms with Gasteiger partial charge in [0.1, 0.15) is 12.3 Å². The lowest BCUT2D eigenvalue weighted by molar-refractivity contribution is -0.120. The van der Waals surface area contributed by atoms with Gasteiger partial charge in [-0.25, -0.2) is 8.42 Å². The van der Waals surface area contributed by atoms with Crippen molar-refractivity contribution in [2.24, 2.45) is 0 Å².